The predicted octanol–water partition coefficient (Wildman–Crippen LogP) is 4.26. The van der Waals surface area contributed by atoms with Crippen molar-refractivity contribution in [2.24, 2.45) is 0 Å². The van der Waals surface area contributed by atoms with Crippen LogP contribution in [0.4, 0.5) is 11.4 Å². The lowest BCUT2D eigenvalue weighted by atomic mass is 10.1. The van der Waals surface area contributed by atoms with Crippen molar-refractivity contribution >= 4 is 44.8 Å². The zero-order valence-corrected chi connectivity index (χ0v) is 22.2. The van der Waals surface area contributed by atoms with Gasteiger partial charge in [-0.3, -0.25) is 13.9 Å². The first-order valence-electron chi connectivity index (χ1n) is 11.8. The average molecular weight is 542 g/mol. The maximum atomic E-state index is 13.7. The molecule has 4 rings (SSSR count). The molecule has 2 amide bonds. The molecule has 1 fully saturated rings. The van der Waals surface area contributed by atoms with Crippen molar-refractivity contribution in [2.45, 2.75) is 18.7 Å². The number of carbonyl (C=O) groups is 2. The molecule has 0 aromatic heterocycles. The largest absolute Gasteiger partial charge is 0.378 e. The first kappa shape index (κ1) is 26.7. The van der Waals surface area contributed by atoms with Gasteiger partial charge in [0.15, 0.2) is 0 Å². The van der Waals surface area contributed by atoms with Gasteiger partial charge >= 0.3 is 0 Å². The summed E-state index contributed by atoms with van der Waals surface area (Å²) in [4.78, 5) is 28.1. The SMILES string of the molecule is Cc1ccc(S(=O)(=O)N(CC(=O)Nc2ccccc2C(=O)N2CCOCC2)c2ccc(Cl)cc2C)cc1. The number of nitrogens with one attached hydrogen (secondary N) is 1. The molecule has 0 unspecified atom stereocenters. The lowest BCUT2D eigenvalue weighted by Crippen LogP contribution is -2.41. The Hall–Kier alpha value is -3.40. The van der Waals surface area contributed by atoms with Crippen molar-refractivity contribution in [3.8, 4) is 0 Å². The zero-order valence-electron chi connectivity index (χ0n) is 20.6. The van der Waals surface area contributed by atoms with Gasteiger partial charge in [-0.25, -0.2) is 8.42 Å². The summed E-state index contributed by atoms with van der Waals surface area (Å²) in [5.41, 5.74) is 2.47. The Morgan fingerprint density at radius 2 is 1.68 bits per heavy atom. The summed E-state index contributed by atoms with van der Waals surface area (Å²) in [5, 5.41) is 3.20. The average Bonchev–Trinajstić information content (AvgIpc) is 2.88. The van der Waals surface area contributed by atoms with Gasteiger partial charge in [-0.05, 0) is 61.9 Å². The summed E-state index contributed by atoms with van der Waals surface area (Å²) in [7, 11) is -4.10. The number of anilines is 2. The van der Waals surface area contributed by atoms with Crippen molar-refractivity contribution in [3.63, 3.8) is 0 Å². The molecule has 1 saturated heterocycles. The van der Waals surface area contributed by atoms with Crippen LogP contribution in [0.25, 0.3) is 0 Å². The first-order valence-corrected chi connectivity index (χ1v) is 13.6. The van der Waals surface area contributed by atoms with Crippen LogP contribution in [0.5, 0.6) is 0 Å². The Kier molecular flexibility index (Phi) is 8.16. The fraction of sp³-hybridized carbons (Fsp3) is 0.259. The monoisotopic (exact) mass is 541 g/mol. The van der Waals surface area contributed by atoms with Crippen LogP contribution in [-0.4, -0.2) is 58.0 Å². The third kappa shape index (κ3) is 6.12. The minimum absolute atomic E-state index is 0.0585. The number of para-hydroxylation sites is 1. The zero-order chi connectivity index (χ0) is 26.6. The number of hydrogen-bond donors (Lipinski definition) is 1. The summed E-state index contributed by atoms with van der Waals surface area (Å²) < 4.78 is 33.8. The Labute approximate surface area is 221 Å². The van der Waals surface area contributed by atoms with E-state index in [0.717, 1.165) is 9.87 Å². The predicted molar refractivity (Wildman–Crippen MR) is 144 cm³/mol. The Morgan fingerprint density at radius 3 is 2.35 bits per heavy atom. The molecule has 0 spiro atoms. The van der Waals surface area contributed by atoms with Crippen molar-refractivity contribution in [3.05, 3.63) is 88.4 Å². The lowest BCUT2D eigenvalue weighted by molar-refractivity contribution is -0.114. The van der Waals surface area contributed by atoms with Crippen LogP contribution in [0.1, 0.15) is 21.5 Å². The molecule has 37 heavy (non-hydrogen) atoms. The normalized spacial score (nSPS) is 13.8. The van der Waals surface area contributed by atoms with Gasteiger partial charge in [0, 0.05) is 18.1 Å². The van der Waals surface area contributed by atoms with Crippen molar-refractivity contribution < 1.29 is 22.7 Å². The highest BCUT2D eigenvalue weighted by atomic mass is 35.5. The van der Waals surface area contributed by atoms with E-state index in [1.54, 1.807) is 66.4 Å². The molecule has 8 nitrogen and oxygen atoms in total. The summed E-state index contributed by atoms with van der Waals surface area (Å²) >= 11 is 6.10. The van der Waals surface area contributed by atoms with Crippen LogP contribution in [0.3, 0.4) is 0 Å². The number of benzene rings is 3. The van der Waals surface area contributed by atoms with Crippen LogP contribution in [0.15, 0.2) is 71.6 Å². The molecule has 0 radical (unpaired) electrons. The Balaban J connectivity index is 1.64. The quantitative estimate of drug-likeness (QED) is 0.482. The van der Waals surface area contributed by atoms with Crippen LogP contribution in [0.2, 0.25) is 5.02 Å². The smallest absolute Gasteiger partial charge is 0.264 e. The number of halogens is 1. The molecular formula is C27H28ClN3O5S. The second-order valence-electron chi connectivity index (χ2n) is 8.75. The van der Waals surface area contributed by atoms with Gasteiger partial charge in [-0.2, -0.15) is 0 Å². The molecule has 10 heteroatoms. The van der Waals surface area contributed by atoms with Gasteiger partial charge in [0.05, 0.1) is 35.0 Å². The van der Waals surface area contributed by atoms with Crippen LogP contribution in [0, 0.1) is 13.8 Å². The minimum Gasteiger partial charge on any atom is -0.378 e. The summed E-state index contributed by atoms with van der Waals surface area (Å²) in [6, 6.07) is 17.9. The number of sulfonamides is 1. The lowest BCUT2D eigenvalue weighted by Gasteiger charge is -2.28. The van der Waals surface area contributed by atoms with E-state index in [-0.39, 0.29) is 10.8 Å². The van der Waals surface area contributed by atoms with E-state index in [0.29, 0.717) is 53.8 Å². The van der Waals surface area contributed by atoms with E-state index in [2.05, 4.69) is 5.32 Å². The topological polar surface area (TPSA) is 96.0 Å². The highest BCUT2D eigenvalue weighted by Crippen LogP contribution is 2.29. The summed E-state index contributed by atoms with van der Waals surface area (Å²) in [6.07, 6.45) is 0. The summed E-state index contributed by atoms with van der Waals surface area (Å²) in [6.45, 7) is 4.91. The second-order valence-corrected chi connectivity index (χ2v) is 11.1. The fourth-order valence-electron chi connectivity index (χ4n) is 4.07. The minimum atomic E-state index is -4.10. The van der Waals surface area contributed by atoms with E-state index in [9.17, 15) is 18.0 Å². The molecule has 1 aliphatic heterocycles. The number of amides is 2. The molecule has 1 heterocycles. The van der Waals surface area contributed by atoms with Crippen molar-refractivity contribution in [1.82, 2.24) is 4.90 Å². The molecule has 0 atom stereocenters. The number of carbonyl (C=O) groups excluding carboxylic acids is 2. The Morgan fingerprint density at radius 1 is 1.00 bits per heavy atom. The molecule has 0 aliphatic carbocycles. The maximum absolute atomic E-state index is 13.7. The first-order chi connectivity index (χ1) is 17.7. The second kappa shape index (κ2) is 11.3. The molecule has 0 bridgehead atoms. The fourth-order valence-corrected chi connectivity index (χ4v) is 5.78. The van der Waals surface area contributed by atoms with E-state index >= 15 is 0 Å². The molecule has 1 N–H and O–H groups in total. The molecule has 3 aromatic rings. The van der Waals surface area contributed by atoms with E-state index in [4.69, 9.17) is 16.3 Å². The van der Waals surface area contributed by atoms with Crippen LogP contribution in [-0.2, 0) is 19.6 Å². The van der Waals surface area contributed by atoms with Gasteiger partial charge in [-0.1, -0.05) is 41.4 Å². The van der Waals surface area contributed by atoms with Gasteiger partial charge in [-0.15, -0.1) is 0 Å². The van der Waals surface area contributed by atoms with E-state index < -0.39 is 22.5 Å². The molecule has 0 saturated carbocycles. The highest BCUT2D eigenvalue weighted by Gasteiger charge is 2.29. The number of rotatable bonds is 7. The molecule has 1 aliphatic rings. The number of nitrogens with zero attached hydrogens (tertiary/aromatic N) is 2. The van der Waals surface area contributed by atoms with Gasteiger partial charge in [0.2, 0.25) is 5.91 Å². The number of hydrogen-bond acceptors (Lipinski definition) is 5. The third-order valence-corrected chi connectivity index (χ3v) is 8.06. The number of morpholine rings is 1. The van der Waals surface area contributed by atoms with Crippen molar-refractivity contribution in [1.29, 1.82) is 0 Å². The van der Waals surface area contributed by atoms with Gasteiger partial charge in [0.1, 0.15) is 6.54 Å². The van der Waals surface area contributed by atoms with E-state index in [1.807, 2.05) is 6.92 Å². The van der Waals surface area contributed by atoms with Crippen LogP contribution < -0.4 is 9.62 Å². The highest BCUT2D eigenvalue weighted by molar-refractivity contribution is 7.92. The van der Waals surface area contributed by atoms with Gasteiger partial charge < -0.3 is 15.0 Å². The number of ether oxygens (including phenoxy) is 1. The Bertz CT molecular complexity index is 1400. The van der Waals surface area contributed by atoms with Crippen molar-refractivity contribution in [2.75, 3.05) is 42.5 Å². The molecule has 3 aromatic carbocycles. The molecule has 194 valence electrons. The van der Waals surface area contributed by atoms with E-state index in [1.165, 1.54) is 12.1 Å². The maximum Gasteiger partial charge on any atom is 0.264 e. The van der Waals surface area contributed by atoms with Crippen LogP contribution >= 0.6 is 11.6 Å². The molecular weight excluding hydrogens is 514 g/mol. The summed E-state index contributed by atoms with van der Waals surface area (Å²) in [5.74, 6) is -0.816. The standard InChI is InChI=1S/C27H28ClN3O5S/c1-19-7-10-22(11-8-19)37(34,35)31(25-12-9-21(28)17-20(25)2)18-26(32)29-24-6-4-3-5-23(24)27(33)30-13-15-36-16-14-30/h3-12,17H,13-16,18H2,1-2H3,(H,29,32). The van der Waals surface area contributed by atoms with Gasteiger partial charge in [0.25, 0.3) is 15.9 Å². The third-order valence-electron chi connectivity index (χ3n) is 6.05. The number of aryl methyl sites for hydroxylation is 2.